The van der Waals surface area contributed by atoms with Gasteiger partial charge in [-0.1, -0.05) is 60.7 Å². The van der Waals surface area contributed by atoms with E-state index in [0.29, 0.717) is 11.3 Å². The molecule has 3 aromatic rings. The molecule has 0 atom stereocenters. The molecular formula is C24H22N4O3S. The van der Waals surface area contributed by atoms with Crippen molar-refractivity contribution in [1.29, 1.82) is 0 Å². The smallest absolute Gasteiger partial charge is 0.257 e. The summed E-state index contributed by atoms with van der Waals surface area (Å²) in [5.41, 5.74) is 7.96. The molecule has 8 heteroatoms. The second-order valence-electron chi connectivity index (χ2n) is 6.81. The monoisotopic (exact) mass is 446 g/mol. The standard InChI is InChI=1S/C24H22N4O3S/c29-21(25-20-9-5-2-6-10-20)15-16-22(30)27-28-24(32)26-23(31)19-13-11-18(12-14-19)17-7-3-1-4-8-17/h1-14H,15-16H2,(H,25,29)(H,27,30)(H2,26,28,31,32). The van der Waals surface area contributed by atoms with Gasteiger partial charge in [0.2, 0.25) is 11.8 Å². The molecular weight excluding hydrogens is 424 g/mol. The van der Waals surface area contributed by atoms with E-state index in [9.17, 15) is 14.4 Å². The summed E-state index contributed by atoms with van der Waals surface area (Å²) in [6.45, 7) is 0. The average molecular weight is 447 g/mol. The summed E-state index contributed by atoms with van der Waals surface area (Å²) in [6, 6.07) is 25.9. The molecule has 0 saturated carbocycles. The normalized spacial score (nSPS) is 10.0. The number of para-hydroxylation sites is 1. The molecule has 3 aromatic carbocycles. The summed E-state index contributed by atoms with van der Waals surface area (Å²) in [5, 5.41) is 5.14. The Balaban J connectivity index is 1.39. The molecule has 0 saturated heterocycles. The van der Waals surface area contributed by atoms with Crippen molar-refractivity contribution < 1.29 is 14.4 Å². The zero-order valence-corrected chi connectivity index (χ0v) is 17.9. The Hall–Kier alpha value is -4.04. The molecule has 0 aromatic heterocycles. The van der Waals surface area contributed by atoms with Crippen LogP contribution in [0.2, 0.25) is 0 Å². The van der Waals surface area contributed by atoms with Gasteiger partial charge in [-0.15, -0.1) is 0 Å². The summed E-state index contributed by atoms with van der Waals surface area (Å²) < 4.78 is 0. The van der Waals surface area contributed by atoms with Gasteiger partial charge in [0.15, 0.2) is 5.11 Å². The number of carbonyl (C=O) groups excluding carboxylic acids is 3. The van der Waals surface area contributed by atoms with Crippen LogP contribution in [0.3, 0.4) is 0 Å². The van der Waals surface area contributed by atoms with Crippen molar-refractivity contribution in [2.75, 3.05) is 5.32 Å². The van der Waals surface area contributed by atoms with Crippen LogP contribution in [0.1, 0.15) is 23.2 Å². The molecule has 0 aliphatic carbocycles. The van der Waals surface area contributed by atoms with Gasteiger partial charge >= 0.3 is 0 Å². The Labute approximate surface area is 191 Å². The molecule has 0 spiro atoms. The molecule has 7 nitrogen and oxygen atoms in total. The maximum Gasteiger partial charge on any atom is 0.257 e. The Morgan fingerprint density at radius 1 is 0.656 bits per heavy atom. The average Bonchev–Trinajstić information content (AvgIpc) is 2.82. The Bertz CT molecular complexity index is 1090. The number of carbonyl (C=O) groups is 3. The molecule has 4 N–H and O–H groups in total. The third-order valence-corrected chi connectivity index (χ3v) is 4.64. The van der Waals surface area contributed by atoms with E-state index >= 15 is 0 Å². The van der Waals surface area contributed by atoms with E-state index in [1.54, 1.807) is 36.4 Å². The molecule has 0 heterocycles. The lowest BCUT2D eigenvalue weighted by atomic mass is 10.0. The van der Waals surface area contributed by atoms with Crippen molar-refractivity contribution in [3.8, 4) is 11.1 Å². The minimum Gasteiger partial charge on any atom is -0.326 e. The molecule has 0 aliphatic heterocycles. The van der Waals surface area contributed by atoms with Crippen LogP contribution in [-0.4, -0.2) is 22.8 Å². The van der Waals surface area contributed by atoms with Crippen LogP contribution in [0.25, 0.3) is 11.1 Å². The molecule has 0 unspecified atom stereocenters. The van der Waals surface area contributed by atoms with E-state index in [2.05, 4.69) is 21.5 Å². The van der Waals surface area contributed by atoms with Gasteiger partial charge in [0.1, 0.15) is 0 Å². The number of hydrogen-bond donors (Lipinski definition) is 4. The summed E-state index contributed by atoms with van der Waals surface area (Å²) >= 11 is 5.04. The van der Waals surface area contributed by atoms with Crippen LogP contribution in [0.5, 0.6) is 0 Å². The molecule has 0 aliphatic rings. The van der Waals surface area contributed by atoms with Gasteiger partial charge in [0, 0.05) is 24.1 Å². The highest BCUT2D eigenvalue weighted by Crippen LogP contribution is 2.19. The lowest BCUT2D eigenvalue weighted by molar-refractivity contribution is -0.124. The number of anilines is 1. The maximum absolute atomic E-state index is 12.3. The molecule has 162 valence electrons. The summed E-state index contributed by atoms with van der Waals surface area (Å²) in [6.07, 6.45) is -0.0293. The Kier molecular flexibility index (Phi) is 8.05. The van der Waals surface area contributed by atoms with Gasteiger partial charge in [-0.3, -0.25) is 30.6 Å². The number of benzene rings is 3. The minimum atomic E-state index is -0.433. The second-order valence-corrected chi connectivity index (χ2v) is 7.22. The third-order valence-electron chi connectivity index (χ3n) is 4.43. The first-order valence-electron chi connectivity index (χ1n) is 9.92. The van der Waals surface area contributed by atoms with E-state index in [1.807, 2.05) is 48.5 Å². The van der Waals surface area contributed by atoms with Gasteiger partial charge in [0.25, 0.3) is 5.91 Å². The van der Waals surface area contributed by atoms with E-state index in [4.69, 9.17) is 12.2 Å². The first-order valence-corrected chi connectivity index (χ1v) is 10.3. The predicted octanol–water partition coefficient (Wildman–Crippen LogP) is 3.41. The van der Waals surface area contributed by atoms with Crippen molar-refractivity contribution in [2.24, 2.45) is 0 Å². The van der Waals surface area contributed by atoms with Crippen LogP contribution >= 0.6 is 12.2 Å². The van der Waals surface area contributed by atoms with Gasteiger partial charge in [0.05, 0.1) is 0 Å². The molecule has 32 heavy (non-hydrogen) atoms. The van der Waals surface area contributed by atoms with Crippen LogP contribution in [-0.2, 0) is 9.59 Å². The number of hydrogen-bond acceptors (Lipinski definition) is 4. The SMILES string of the molecule is O=C(CCC(=O)Nc1ccccc1)NNC(=S)NC(=O)c1ccc(-c2ccccc2)cc1. The summed E-state index contributed by atoms with van der Waals surface area (Å²) in [7, 11) is 0. The number of rotatable bonds is 6. The largest absolute Gasteiger partial charge is 0.326 e. The Morgan fingerprint density at radius 3 is 1.88 bits per heavy atom. The van der Waals surface area contributed by atoms with Gasteiger partial charge < -0.3 is 5.32 Å². The van der Waals surface area contributed by atoms with Crippen LogP contribution in [0.15, 0.2) is 84.9 Å². The van der Waals surface area contributed by atoms with Gasteiger partial charge in [-0.25, -0.2) is 0 Å². The highest BCUT2D eigenvalue weighted by molar-refractivity contribution is 7.80. The third kappa shape index (κ3) is 7.03. The molecule has 3 amide bonds. The van der Waals surface area contributed by atoms with E-state index in [0.717, 1.165) is 11.1 Å². The fourth-order valence-electron chi connectivity index (χ4n) is 2.81. The molecule has 3 rings (SSSR count). The molecule has 0 radical (unpaired) electrons. The summed E-state index contributed by atoms with van der Waals surface area (Å²) in [4.78, 5) is 36.1. The first kappa shape index (κ1) is 22.6. The summed E-state index contributed by atoms with van der Waals surface area (Å²) in [5.74, 6) is -1.11. The number of hydrazine groups is 1. The predicted molar refractivity (Wildman–Crippen MR) is 128 cm³/mol. The highest BCUT2D eigenvalue weighted by atomic mass is 32.1. The van der Waals surface area contributed by atoms with E-state index < -0.39 is 11.8 Å². The van der Waals surface area contributed by atoms with E-state index in [1.165, 1.54) is 0 Å². The fraction of sp³-hybridized carbons (Fsp3) is 0.0833. The van der Waals surface area contributed by atoms with Crippen LogP contribution in [0, 0.1) is 0 Å². The quantitative estimate of drug-likeness (QED) is 0.344. The first-order chi connectivity index (χ1) is 15.5. The van der Waals surface area contributed by atoms with Crippen molar-refractivity contribution in [3.05, 3.63) is 90.5 Å². The zero-order chi connectivity index (χ0) is 22.8. The molecule has 0 bridgehead atoms. The van der Waals surface area contributed by atoms with Crippen molar-refractivity contribution >= 4 is 40.7 Å². The zero-order valence-electron chi connectivity index (χ0n) is 17.1. The van der Waals surface area contributed by atoms with Crippen LogP contribution in [0.4, 0.5) is 5.69 Å². The van der Waals surface area contributed by atoms with Crippen LogP contribution < -0.4 is 21.5 Å². The number of thiocarbonyl (C=S) groups is 1. The van der Waals surface area contributed by atoms with Crippen molar-refractivity contribution in [2.45, 2.75) is 12.8 Å². The Morgan fingerprint density at radius 2 is 1.22 bits per heavy atom. The molecule has 0 fully saturated rings. The maximum atomic E-state index is 12.3. The van der Waals surface area contributed by atoms with Gasteiger partial charge in [-0.05, 0) is 47.6 Å². The lowest BCUT2D eigenvalue weighted by Crippen LogP contribution is -2.48. The topological polar surface area (TPSA) is 99.3 Å². The minimum absolute atomic E-state index is 0.00922. The number of nitrogens with one attached hydrogen (secondary N) is 4. The van der Waals surface area contributed by atoms with Crippen molar-refractivity contribution in [3.63, 3.8) is 0 Å². The highest BCUT2D eigenvalue weighted by Gasteiger charge is 2.10. The van der Waals surface area contributed by atoms with E-state index in [-0.39, 0.29) is 23.9 Å². The second kappa shape index (κ2) is 11.4. The number of amides is 3. The lowest BCUT2D eigenvalue weighted by Gasteiger charge is -2.11. The van der Waals surface area contributed by atoms with Crippen molar-refractivity contribution in [1.82, 2.24) is 16.2 Å². The van der Waals surface area contributed by atoms with Gasteiger partial charge in [-0.2, -0.15) is 0 Å². The fourth-order valence-corrected chi connectivity index (χ4v) is 2.96.